The van der Waals surface area contributed by atoms with Crippen molar-refractivity contribution in [2.45, 2.75) is 38.5 Å². The van der Waals surface area contributed by atoms with Crippen LogP contribution in [0, 0.1) is 5.92 Å². The molecule has 1 unspecified atom stereocenters. The van der Waals surface area contributed by atoms with Crippen molar-refractivity contribution in [3.63, 3.8) is 0 Å². The summed E-state index contributed by atoms with van der Waals surface area (Å²) in [5, 5.41) is 1.21. The molecule has 1 aliphatic carbocycles. The predicted octanol–water partition coefficient (Wildman–Crippen LogP) is 2.54. The molecule has 1 saturated carbocycles. The normalized spacial score (nSPS) is 23.0. The standard InChI is InChI=1S/C14H21N3OS/c1-2-8-5-6-17(7-8)14-10(9-3-4-9)11(15)12(19-14)13(16)18/h8-9H,2-7,15H2,1H3,(H2,16,18). The van der Waals surface area contributed by atoms with E-state index in [-0.39, 0.29) is 5.91 Å². The Morgan fingerprint density at radius 2 is 2.16 bits per heavy atom. The fourth-order valence-corrected chi connectivity index (χ4v) is 4.17. The molecule has 19 heavy (non-hydrogen) atoms. The lowest BCUT2D eigenvalue weighted by molar-refractivity contribution is 0.100. The van der Waals surface area contributed by atoms with Crippen LogP contribution in [0.25, 0.3) is 0 Å². The molecule has 1 aliphatic heterocycles. The van der Waals surface area contributed by atoms with E-state index in [9.17, 15) is 4.79 Å². The van der Waals surface area contributed by atoms with Crippen LogP contribution in [-0.4, -0.2) is 19.0 Å². The molecule has 5 heteroatoms. The van der Waals surface area contributed by atoms with Gasteiger partial charge in [-0.15, -0.1) is 11.3 Å². The highest BCUT2D eigenvalue weighted by Gasteiger charge is 2.35. The topological polar surface area (TPSA) is 72.3 Å². The monoisotopic (exact) mass is 279 g/mol. The summed E-state index contributed by atoms with van der Waals surface area (Å²) < 4.78 is 0. The number of nitrogens with two attached hydrogens (primary N) is 2. The average Bonchev–Trinajstić information content (AvgIpc) is 2.99. The maximum Gasteiger partial charge on any atom is 0.260 e. The van der Waals surface area contributed by atoms with Gasteiger partial charge < -0.3 is 16.4 Å². The van der Waals surface area contributed by atoms with Crippen molar-refractivity contribution < 1.29 is 4.79 Å². The van der Waals surface area contributed by atoms with E-state index in [4.69, 9.17) is 11.5 Å². The second kappa shape index (κ2) is 4.71. The molecule has 4 N–H and O–H groups in total. The predicted molar refractivity (Wildman–Crippen MR) is 79.8 cm³/mol. The molecule has 0 bridgehead atoms. The Labute approximate surface area is 117 Å². The first kappa shape index (κ1) is 12.8. The molecule has 1 saturated heterocycles. The first-order valence-corrected chi connectivity index (χ1v) is 7.90. The van der Waals surface area contributed by atoms with Crippen LogP contribution in [0.4, 0.5) is 10.7 Å². The summed E-state index contributed by atoms with van der Waals surface area (Å²) in [5.41, 5.74) is 13.5. The zero-order chi connectivity index (χ0) is 13.6. The Hall–Kier alpha value is -1.23. The summed E-state index contributed by atoms with van der Waals surface area (Å²) in [6.45, 7) is 4.42. The number of carbonyl (C=O) groups is 1. The molecule has 3 rings (SSSR count). The number of carbonyl (C=O) groups excluding carboxylic acids is 1. The van der Waals surface area contributed by atoms with E-state index in [0.29, 0.717) is 16.5 Å². The number of nitrogens with zero attached hydrogens (tertiary/aromatic N) is 1. The second-order valence-corrected chi connectivity index (χ2v) is 6.71. The van der Waals surface area contributed by atoms with Gasteiger partial charge in [0, 0.05) is 18.7 Å². The molecule has 0 spiro atoms. The Balaban J connectivity index is 1.96. The van der Waals surface area contributed by atoms with Gasteiger partial charge in [-0.2, -0.15) is 0 Å². The van der Waals surface area contributed by atoms with Gasteiger partial charge in [-0.05, 0) is 31.1 Å². The second-order valence-electron chi connectivity index (χ2n) is 5.71. The van der Waals surface area contributed by atoms with E-state index in [0.717, 1.165) is 19.0 Å². The van der Waals surface area contributed by atoms with E-state index in [1.165, 1.54) is 47.6 Å². The number of thiophene rings is 1. The third kappa shape index (κ3) is 2.20. The third-order valence-electron chi connectivity index (χ3n) is 4.32. The van der Waals surface area contributed by atoms with Crippen molar-refractivity contribution in [1.82, 2.24) is 0 Å². The Bertz CT molecular complexity index is 507. The summed E-state index contributed by atoms with van der Waals surface area (Å²) in [5.74, 6) is 0.939. The van der Waals surface area contributed by atoms with Crippen LogP contribution in [0.3, 0.4) is 0 Å². The van der Waals surface area contributed by atoms with E-state index in [2.05, 4.69) is 11.8 Å². The number of anilines is 2. The number of hydrogen-bond acceptors (Lipinski definition) is 4. The largest absolute Gasteiger partial charge is 0.397 e. The van der Waals surface area contributed by atoms with Crippen molar-refractivity contribution in [2.24, 2.45) is 11.7 Å². The maximum absolute atomic E-state index is 11.5. The minimum absolute atomic E-state index is 0.387. The zero-order valence-corrected chi connectivity index (χ0v) is 12.1. The first-order chi connectivity index (χ1) is 9.11. The quantitative estimate of drug-likeness (QED) is 0.889. The van der Waals surface area contributed by atoms with Crippen LogP contribution in [0.1, 0.15) is 53.8 Å². The van der Waals surface area contributed by atoms with Gasteiger partial charge in [-0.1, -0.05) is 13.3 Å². The van der Waals surface area contributed by atoms with Crippen LogP contribution >= 0.6 is 11.3 Å². The van der Waals surface area contributed by atoms with Crippen LogP contribution in [0.5, 0.6) is 0 Å². The minimum atomic E-state index is -0.387. The van der Waals surface area contributed by atoms with Gasteiger partial charge in [0.05, 0.1) is 10.7 Å². The van der Waals surface area contributed by atoms with Crippen molar-refractivity contribution in [2.75, 3.05) is 23.7 Å². The molecule has 0 radical (unpaired) electrons. The highest BCUT2D eigenvalue weighted by Crippen LogP contribution is 2.52. The van der Waals surface area contributed by atoms with Gasteiger partial charge >= 0.3 is 0 Å². The van der Waals surface area contributed by atoms with Crippen molar-refractivity contribution >= 4 is 27.9 Å². The molecule has 4 nitrogen and oxygen atoms in total. The van der Waals surface area contributed by atoms with Crippen LogP contribution in [-0.2, 0) is 0 Å². The Morgan fingerprint density at radius 3 is 2.68 bits per heavy atom. The van der Waals surface area contributed by atoms with Gasteiger partial charge in [0.1, 0.15) is 4.88 Å². The lowest BCUT2D eigenvalue weighted by Crippen LogP contribution is -2.19. The third-order valence-corrected chi connectivity index (χ3v) is 5.62. The van der Waals surface area contributed by atoms with Gasteiger partial charge in [0.2, 0.25) is 0 Å². The lowest BCUT2D eigenvalue weighted by Gasteiger charge is -2.18. The number of nitrogen functional groups attached to an aromatic ring is 1. The van der Waals surface area contributed by atoms with Crippen LogP contribution in [0.15, 0.2) is 0 Å². The molecule has 2 heterocycles. The van der Waals surface area contributed by atoms with E-state index in [1.807, 2.05) is 0 Å². The van der Waals surface area contributed by atoms with Crippen molar-refractivity contribution in [3.05, 3.63) is 10.4 Å². The van der Waals surface area contributed by atoms with Crippen LogP contribution < -0.4 is 16.4 Å². The molecule has 1 aromatic heterocycles. The molecule has 104 valence electrons. The Kier molecular flexibility index (Phi) is 3.17. The molecular formula is C14H21N3OS. The molecule has 1 aromatic rings. The van der Waals surface area contributed by atoms with Gasteiger partial charge in [0.25, 0.3) is 5.91 Å². The smallest absolute Gasteiger partial charge is 0.260 e. The van der Waals surface area contributed by atoms with Crippen LogP contribution in [0.2, 0.25) is 0 Å². The fourth-order valence-electron chi connectivity index (χ4n) is 2.98. The minimum Gasteiger partial charge on any atom is -0.397 e. The number of rotatable bonds is 4. The van der Waals surface area contributed by atoms with E-state index >= 15 is 0 Å². The van der Waals surface area contributed by atoms with Gasteiger partial charge in [-0.25, -0.2) is 0 Å². The Morgan fingerprint density at radius 1 is 1.42 bits per heavy atom. The molecule has 2 fully saturated rings. The lowest BCUT2D eigenvalue weighted by atomic mass is 10.1. The average molecular weight is 279 g/mol. The van der Waals surface area contributed by atoms with Crippen molar-refractivity contribution in [3.8, 4) is 0 Å². The number of hydrogen-bond donors (Lipinski definition) is 2. The number of primary amides is 1. The van der Waals surface area contributed by atoms with Crippen molar-refractivity contribution in [1.29, 1.82) is 0 Å². The highest BCUT2D eigenvalue weighted by molar-refractivity contribution is 7.18. The summed E-state index contributed by atoms with van der Waals surface area (Å²) in [7, 11) is 0. The maximum atomic E-state index is 11.5. The summed E-state index contributed by atoms with van der Waals surface area (Å²) in [6.07, 6.45) is 4.84. The zero-order valence-electron chi connectivity index (χ0n) is 11.3. The fraction of sp³-hybridized carbons (Fsp3) is 0.643. The highest BCUT2D eigenvalue weighted by atomic mass is 32.1. The van der Waals surface area contributed by atoms with Gasteiger partial charge in [0.15, 0.2) is 0 Å². The summed E-state index contributed by atoms with van der Waals surface area (Å²) in [4.78, 5) is 14.5. The molecular weight excluding hydrogens is 258 g/mol. The van der Waals surface area contributed by atoms with Gasteiger partial charge in [-0.3, -0.25) is 4.79 Å². The molecule has 1 amide bonds. The van der Waals surface area contributed by atoms with E-state index < -0.39 is 0 Å². The number of amides is 1. The molecule has 1 atom stereocenters. The summed E-state index contributed by atoms with van der Waals surface area (Å²) in [6, 6.07) is 0. The first-order valence-electron chi connectivity index (χ1n) is 7.08. The van der Waals surface area contributed by atoms with E-state index in [1.54, 1.807) is 0 Å². The SMILES string of the molecule is CCC1CCN(c2sc(C(N)=O)c(N)c2C2CC2)C1. The molecule has 2 aliphatic rings. The molecule has 0 aromatic carbocycles. The summed E-state index contributed by atoms with van der Waals surface area (Å²) >= 11 is 1.50.